The molecule has 5 atom stereocenters. The summed E-state index contributed by atoms with van der Waals surface area (Å²) < 4.78 is 4.68. The zero-order valence-electron chi connectivity index (χ0n) is 6.08. The smallest absolute Gasteiger partial charge is 0.183 e. The summed E-state index contributed by atoms with van der Waals surface area (Å²) in [6, 6.07) is 0. The number of aliphatic hydroxyl groups is 4. The van der Waals surface area contributed by atoms with Crippen LogP contribution in [0.25, 0.3) is 0 Å². The lowest BCUT2D eigenvalue weighted by molar-refractivity contribution is -0.277. The second-order valence-corrected chi connectivity index (χ2v) is 2.70. The van der Waals surface area contributed by atoms with E-state index in [1.165, 1.54) is 6.92 Å². The first-order valence-corrected chi connectivity index (χ1v) is 3.41. The van der Waals surface area contributed by atoms with Crippen LogP contribution < -0.4 is 0 Å². The van der Waals surface area contributed by atoms with Crippen LogP contribution in [0.4, 0.5) is 0 Å². The minimum Gasteiger partial charge on any atom is -0.388 e. The predicted octanol–water partition coefficient (Wildman–Crippen LogP) is -2.19. The van der Waals surface area contributed by atoms with Crippen LogP contribution in [0.1, 0.15) is 6.92 Å². The number of aliphatic hydroxyl groups excluding tert-OH is 4. The Labute approximate surface area is 63.8 Å². The fourth-order valence-corrected chi connectivity index (χ4v) is 1.03. The molecule has 0 amide bonds. The van der Waals surface area contributed by atoms with E-state index in [4.69, 9.17) is 20.4 Å². The molecule has 66 valence electrons. The monoisotopic (exact) mass is 164 g/mol. The van der Waals surface area contributed by atoms with E-state index in [1.54, 1.807) is 0 Å². The summed E-state index contributed by atoms with van der Waals surface area (Å²) in [5, 5.41) is 36.0. The summed E-state index contributed by atoms with van der Waals surface area (Å²) >= 11 is 0. The largest absolute Gasteiger partial charge is 0.388 e. The van der Waals surface area contributed by atoms with Gasteiger partial charge in [0.1, 0.15) is 18.3 Å². The van der Waals surface area contributed by atoms with Gasteiger partial charge in [0.15, 0.2) is 6.29 Å². The van der Waals surface area contributed by atoms with Gasteiger partial charge in [0.2, 0.25) is 0 Å². The molecule has 1 heterocycles. The molecule has 0 aromatic rings. The van der Waals surface area contributed by atoms with Crippen LogP contribution in [0.5, 0.6) is 0 Å². The van der Waals surface area contributed by atoms with Crippen molar-refractivity contribution in [1.29, 1.82) is 0 Å². The number of ether oxygens (including phenoxy) is 1. The van der Waals surface area contributed by atoms with Crippen LogP contribution in [0.3, 0.4) is 0 Å². The summed E-state index contributed by atoms with van der Waals surface area (Å²) in [6.07, 6.45) is -5.99. The van der Waals surface area contributed by atoms with E-state index in [-0.39, 0.29) is 0 Å². The second-order valence-electron chi connectivity index (χ2n) is 2.70. The molecule has 0 aliphatic carbocycles. The third kappa shape index (κ3) is 1.52. The lowest BCUT2D eigenvalue weighted by Crippen LogP contribution is -2.56. The Kier molecular flexibility index (Phi) is 2.46. The van der Waals surface area contributed by atoms with E-state index < -0.39 is 30.7 Å². The normalized spacial score (nSPS) is 52.6. The molecule has 0 saturated carbocycles. The molecule has 1 aliphatic heterocycles. The van der Waals surface area contributed by atoms with Gasteiger partial charge in [-0.15, -0.1) is 0 Å². The Bertz CT molecular complexity index is 125. The Morgan fingerprint density at radius 2 is 1.45 bits per heavy atom. The van der Waals surface area contributed by atoms with Crippen molar-refractivity contribution < 1.29 is 25.2 Å². The van der Waals surface area contributed by atoms with Gasteiger partial charge in [-0.3, -0.25) is 0 Å². The lowest BCUT2D eigenvalue weighted by Gasteiger charge is -2.36. The zero-order valence-corrected chi connectivity index (χ0v) is 6.08. The summed E-state index contributed by atoms with van der Waals surface area (Å²) in [5.41, 5.74) is 0. The average molecular weight is 164 g/mol. The number of rotatable bonds is 0. The fraction of sp³-hybridized carbons (Fsp3) is 1.00. The molecular formula is C6H12O5. The summed E-state index contributed by atoms with van der Waals surface area (Å²) in [5.74, 6) is 0. The molecule has 11 heavy (non-hydrogen) atoms. The Hall–Kier alpha value is -0.200. The van der Waals surface area contributed by atoms with Gasteiger partial charge >= 0.3 is 0 Å². The molecule has 0 radical (unpaired) electrons. The van der Waals surface area contributed by atoms with Crippen LogP contribution in [-0.2, 0) is 4.74 Å². The third-order valence-electron chi connectivity index (χ3n) is 1.83. The molecule has 0 aromatic carbocycles. The van der Waals surface area contributed by atoms with Crippen molar-refractivity contribution in [2.24, 2.45) is 0 Å². The second kappa shape index (κ2) is 3.04. The van der Waals surface area contributed by atoms with Gasteiger partial charge in [0.05, 0.1) is 6.10 Å². The highest BCUT2D eigenvalue weighted by molar-refractivity contribution is 4.86. The van der Waals surface area contributed by atoms with Crippen molar-refractivity contribution in [3.05, 3.63) is 0 Å². The van der Waals surface area contributed by atoms with E-state index in [1.807, 2.05) is 0 Å². The molecule has 1 aliphatic rings. The van der Waals surface area contributed by atoms with E-state index >= 15 is 0 Å². The van der Waals surface area contributed by atoms with E-state index in [2.05, 4.69) is 4.74 Å². The average Bonchev–Trinajstić information content (AvgIpc) is 1.97. The maximum absolute atomic E-state index is 9.09. The SMILES string of the molecule is CC1O[C@H](O)[C@H](O)[C@H](O)[C@@H]1O. The standard InChI is InChI=1S/C6H12O5/c1-2-3(7)4(8)5(9)6(10)11-2/h2-10H,1H3/t2?,3-,4-,5-,6+/m1/s1. The van der Waals surface area contributed by atoms with Gasteiger partial charge in [-0.05, 0) is 6.92 Å². The van der Waals surface area contributed by atoms with Gasteiger partial charge in [-0.1, -0.05) is 0 Å². The molecule has 1 saturated heterocycles. The maximum Gasteiger partial charge on any atom is 0.183 e. The highest BCUT2D eigenvalue weighted by Crippen LogP contribution is 2.18. The Morgan fingerprint density at radius 1 is 0.909 bits per heavy atom. The van der Waals surface area contributed by atoms with Gasteiger partial charge in [-0.25, -0.2) is 0 Å². The first-order chi connectivity index (χ1) is 5.04. The van der Waals surface area contributed by atoms with Crippen LogP contribution in [0, 0.1) is 0 Å². The molecule has 0 spiro atoms. The maximum atomic E-state index is 9.09. The van der Waals surface area contributed by atoms with Crippen molar-refractivity contribution in [1.82, 2.24) is 0 Å². The van der Waals surface area contributed by atoms with E-state index in [0.717, 1.165) is 0 Å². The van der Waals surface area contributed by atoms with Crippen molar-refractivity contribution in [3.63, 3.8) is 0 Å². The first-order valence-electron chi connectivity index (χ1n) is 3.41. The summed E-state index contributed by atoms with van der Waals surface area (Å²) in [4.78, 5) is 0. The van der Waals surface area contributed by atoms with Gasteiger partial charge in [0.25, 0.3) is 0 Å². The molecule has 0 bridgehead atoms. The number of hydrogen-bond donors (Lipinski definition) is 4. The zero-order chi connectivity index (χ0) is 8.59. The van der Waals surface area contributed by atoms with Gasteiger partial charge < -0.3 is 25.2 Å². The van der Waals surface area contributed by atoms with Crippen molar-refractivity contribution in [2.75, 3.05) is 0 Å². The van der Waals surface area contributed by atoms with Crippen LogP contribution in [0.15, 0.2) is 0 Å². The molecule has 4 N–H and O–H groups in total. The van der Waals surface area contributed by atoms with E-state index in [0.29, 0.717) is 0 Å². The fourth-order valence-electron chi connectivity index (χ4n) is 1.03. The van der Waals surface area contributed by atoms with Crippen LogP contribution >= 0.6 is 0 Å². The Morgan fingerprint density at radius 3 is 2.00 bits per heavy atom. The third-order valence-corrected chi connectivity index (χ3v) is 1.83. The van der Waals surface area contributed by atoms with E-state index in [9.17, 15) is 0 Å². The Balaban J connectivity index is 2.63. The van der Waals surface area contributed by atoms with Crippen LogP contribution in [-0.4, -0.2) is 51.1 Å². The topological polar surface area (TPSA) is 90.2 Å². The highest BCUT2D eigenvalue weighted by Gasteiger charge is 2.40. The molecule has 5 heteroatoms. The van der Waals surface area contributed by atoms with Gasteiger partial charge in [-0.2, -0.15) is 0 Å². The minimum absolute atomic E-state index is 0.664. The molecular weight excluding hydrogens is 152 g/mol. The molecule has 5 nitrogen and oxygen atoms in total. The number of hydrogen-bond acceptors (Lipinski definition) is 5. The predicted molar refractivity (Wildman–Crippen MR) is 34.6 cm³/mol. The lowest BCUT2D eigenvalue weighted by atomic mass is 10.0. The molecule has 1 unspecified atom stereocenters. The van der Waals surface area contributed by atoms with Gasteiger partial charge in [0, 0.05) is 0 Å². The summed E-state index contributed by atoms with van der Waals surface area (Å²) in [6.45, 7) is 1.50. The van der Waals surface area contributed by atoms with Crippen molar-refractivity contribution in [2.45, 2.75) is 37.6 Å². The van der Waals surface area contributed by atoms with Crippen molar-refractivity contribution >= 4 is 0 Å². The highest BCUT2D eigenvalue weighted by atomic mass is 16.6. The quantitative estimate of drug-likeness (QED) is 0.326. The molecule has 1 rings (SSSR count). The minimum atomic E-state index is -1.43. The summed E-state index contributed by atoms with van der Waals surface area (Å²) in [7, 11) is 0. The van der Waals surface area contributed by atoms with Crippen LogP contribution in [0.2, 0.25) is 0 Å². The molecule has 0 aromatic heterocycles. The van der Waals surface area contributed by atoms with Crippen molar-refractivity contribution in [3.8, 4) is 0 Å². The first kappa shape index (κ1) is 8.89. The molecule has 1 fully saturated rings.